The minimum Gasteiger partial charge on any atom is -0.381 e. The minimum atomic E-state index is -4.41. The van der Waals surface area contributed by atoms with Crippen LogP contribution in [0.2, 0.25) is 0 Å². The van der Waals surface area contributed by atoms with Crippen LogP contribution in [-0.2, 0) is 39.8 Å². The van der Waals surface area contributed by atoms with Crippen molar-refractivity contribution in [2.75, 3.05) is 25.6 Å². The topological polar surface area (TPSA) is 99.4 Å². The number of ketones is 1. The van der Waals surface area contributed by atoms with Crippen molar-refractivity contribution in [2.24, 2.45) is 11.7 Å². The van der Waals surface area contributed by atoms with Gasteiger partial charge < -0.3 is 20.5 Å². The molecule has 0 bridgehead atoms. The molecule has 1 aliphatic carbocycles. The van der Waals surface area contributed by atoms with Crippen LogP contribution in [0.5, 0.6) is 0 Å². The number of nitrogens with one attached hydrogen (secondary N) is 1. The fourth-order valence-corrected chi connectivity index (χ4v) is 5.15. The lowest BCUT2D eigenvalue weighted by Gasteiger charge is -2.34. The monoisotopic (exact) mass is 506 g/mol. The zero-order chi connectivity index (χ0) is 25.9. The number of carbonyl (C=O) groups is 1. The number of ether oxygens (including phenoxy) is 2. The number of fused-ring (bicyclic) bond motifs is 1. The van der Waals surface area contributed by atoms with Crippen molar-refractivity contribution in [3.63, 3.8) is 0 Å². The molecule has 0 amide bonds. The molecule has 2 atom stereocenters. The van der Waals surface area contributed by atoms with Gasteiger partial charge in [0.25, 0.3) is 0 Å². The second kappa shape index (κ2) is 10.8. The number of benzene rings is 1. The van der Waals surface area contributed by atoms with Crippen molar-refractivity contribution >= 4 is 11.6 Å². The van der Waals surface area contributed by atoms with Gasteiger partial charge in [0, 0.05) is 56.9 Å². The number of aromatic nitrogens is 2. The summed E-state index contributed by atoms with van der Waals surface area (Å²) in [4.78, 5) is 22.2. The molecular weight excluding hydrogens is 473 g/mol. The zero-order valence-electron chi connectivity index (χ0n) is 20.7. The Bertz CT molecular complexity index is 1090. The van der Waals surface area contributed by atoms with Crippen LogP contribution in [0, 0.1) is 5.92 Å². The average molecular weight is 507 g/mol. The van der Waals surface area contributed by atoms with Crippen molar-refractivity contribution in [2.45, 2.75) is 69.8 Å². The Balaban J connectivity index is 1.46. The SMILES string of the molecule is COC1(C(=O)CCC2Cc3nc(CN)nc(N[C@H](C)c4cccc(C(F)(F)F)c4)c3C2)CCOCC1. The van der Waals surface area contributed by atoms with Crippen LogP contribution in [-0.4, -0.2) is 41.7 Å². The van der Waals surface area contributed by atoms with Crippen LogP contribution < -0.4 is 11.1 Å². The Morgan fingerprint density at radius 2 is 2.03 bits per heavy atom. The summed E-state index contributed by atoms with van der Waals surface area (Å²) in [7, 11) is 1.59. The van der Waals surface area contributed by atoms with Gasteiger partial charge in [0.15, 0.2) is 5.78 Å². The molecule has 1 aromatic carbocycles. The molecule has 1 unspecified atom stereocenters. The van der Waals surface area contributed by atoms with Crippen molar-refractivity contribution in [3.05, 3.63) is 52.5 Å². The maximum Gasteiger partial charge on any atom is 0.416 e. The van der Waals surface area contributed by atoms with Gasteiger partial charge in [-0.2, -0.15) is 13.2 Å². The van der Waals surface area contributed by atoms with Crippen molar-refractivity contribution in [3.8, 4) is 0 Å². The molecule has 4 rings (SSSR count). The van der Waals surface area contributed by atoms with E-state index in [9.17, 15) is 18.0 Å². The summed E-state index contributed by atoms with van der Waals surface area (Å²) in [5.74, 6) is 1.39. The van der Waals surface area contributed by atoms with Crippen LogP contribution in [0.4, 0.5) is 19.0 Å². The first-order valence-electron chi connectivity index (χ1n) is 12.3. The lowest BCUT2D eigenvalue weighted by Crippen LogP contribution is -2.45. The molecule has 1 aromatic heterocycles. The lowest BCUT2D eigenvalue weighted by atomic mass is 9.85. The molecule has 196 valence electrons. The Morgan fingerprint density at radius 1 is 1.28 bits per heavy atom. The lowest BCUT2D eigenvalue weighted by molar-refractivity contribution is -0.153. The standard InChI is InChI=1S/C26H33F3N4O3/c1-16(18-4-3-5-19(14-18)26(27,28)29)31-24-20-12-17(13-21(20)32-23(15-30)33-24)6-7-22(34)25(35-2)8-10-36-11-9-25/h3-5,14,16-17H,6-13,15,30H2,1-2H3,(H,31,32,33)/t16-,17?/m1/s1. The molecule has 2 heterocycles. The van der Waals surface area contributed by atoms with Crippen LogP contribution in [0.1, 0.15) is 66.9 Å². The molecule has 0 saturated carbocycles. The smallest absolute Gasteiger partial charge is 0.381 e. The highest BCUT2D eigenvalue weighted by molar-refractivity contribution is 5.87. The molecule has 36 heavy (non-hydrogen) atoms. The van der Waals surface area contributed by atoms with Crippen LogP contribution >= 0.6 is 0 Å². The first-order chi connectivity index (χ1) is 17.1. The van der Waals surface area contributed by atoms with E-state index in [1.807, 2.05) is 0 Å². The normalized spacial score (nSPS) is 20.1. The number of alkyl halides is 3. The average Bonchev–Trinajstić information content (AvgIpc) is 3.30. The predicted molar refractivity (Wildman–Crippen MR) is 128 cm³/mol. The summed E-state index contributed by atoms with van der Waals surface area (Å²) in [5, 5.41) is 3.29. The van der Waals surface area contributed by atoms with Crippen LogP contribution in [0.25, 0.3) is 0 Å². The summed E-state index contributed by atoms with van der Waals surface area (Å²) in [6, 6.07) is 4.87. The maximum atomic E-state index is 13.2. The Kier molecular flexibility index (Phi) is 7.96. The summed E-state index contributed by atoms with van der Waals surface area (Å²) < 4.78 is 50.6. The fourth-order valence-electron chi connectivity index (χ4n) is 5.15. The summed E-state index contributed by atoms with van der Waals surface area (Å²) >= 11 is 0. The number of anilines is 1. The van der Waals surface area contributed by atoms with E-state index in [1.54, 1.807) is 20.1 Å². The number of halogens is 3. The van der Waals surface area contributed by atoms with E-state index >= 15 is 0 Å². The first kappa shape index (κ1) is 26.5. The van der Waals surface area contributed by atoms with E-state index in [1.165, 1.54) is 6.07 Å². The number of nitrogens with zero attached hydrogens (tertiary/aromatic N) is 2. The van der Waals surface area contributed by atoms with E-state index in [2.05, 4.69) is 15.3 Å². The van der Waals surface area contributed by atoms with E-state index < -0.39 is 23.4 Å². The molecule has 7 nitrogen and oxygen atoms in total. The number of nitrogens with two attached hydrogens (primary N) is 1. The summed E-state index contributed by atoms with van der Waals surface area (Å²) in [5.41, 5.74) is 6.70. The van der Waals surface area contributed by atoms with Crippen molar-refractivity contribution < 1.29 is 27.4 Å². The van der Waals surface area contributed by atoms with Gasteiger partial charge in [0.05, 0.1) is 12.1 Å². The quantitative estimate of drug-likeness (QED) is 0.521. The van der Waals surface area contributed by atoms with Crippen LogP contribution in [0.3, 0.4) is 0 Å². The largest absolute Gasteiger partial charge is 0.416 e. The molecule has 2 aromatic rings. The molecule has 10 heteroatoms. The van der Waals surface area contributed by atoms with E-state index in [4.69, 9.17) is 15.2 Å². The zero-order valence-corrected chi connectivity index (χ0v) is 20.7. The van der Waals surface area contributed by atoms with Gasteiger partial charge >= 0.3 is 6.18 Å². The van der Waals surface area contributed by atoms with Gasteiger partial charge in [0.1, 0.15) is 17.2 Å². The van der Waals surface area contributed by atoms with Crippen molar-refractivity contribution in [1.82, 2.24) is 9.97 Å². The molecule has 1 aliphatic heterocycles. The summed E-state index contributed by atoms with van der Waals surface area (Å²) in [6.07, 6.45) is -0.772. The van der Waals surface area contributed by atoms with Gasteiger partial charge in [-0.05, 0) is 49.8 Å². The number of hydrogen-bond donors (Lipinski definition) is 2. The van der Waals surface area contributed by atoms with E-state index in [0.717, 1.165) is 23.4 Å². The summed E-state index contributed by atoms with van der Waals surface area (Å²) in [6.45, 7) is 2.99. The molecule has 0 radical (unpaired) electrons. The third-order valence-corrected chi connectivity index (χ3v) is 7.34. The van der Waals surface area contributed by atoms with Gasteiger partial charge in [-0.25, -0.2) is 9.97 Å². The Labute approximate surface area is 209 Å². The fraction of sp³-hybridized carbons (Fsp3) is 0.577. The van der Waals surface area contributed by atoms with Gasteiger partial charge in [-0.3, -0.25) is 4.79 Å². The van der Waals surface area contributed by atoms with E-state index in [-0.39, 0.29) is 18.2 Å². The number of hydrogen-bond acceptors (Lipinski definition) is 7. The second-order valence-electron chi connectivity index (χ2n) is 9.65. The van der Waals surface area contributed by atoms with Gasteiger partial charge in [-0.1, -0.05) is 12.1 Å². The van der Waals surface area contributed by atoms with Gasteiger partial charge in [0.2, 0.25) is 0 Å². The van der Waals surface area contributed by atoms with E-state index in [0.29, 0.717) is 68.9 Å². The second-order valence-corrected chi connectivity index (χ2v) is 9.65. The highest BCUT2D eigenvalue weighted by Gasteiger charge is 2.40. The molecule has 0 spiro atoms. The Hall–Kier alpha value is -2.56. The highest BCUT2D eigenvalue weighted by atomic mass is 19.4. The molecule has 2 aliphatic rings. The number of rotatable bonds is 9. The molecular formula is C26H33F3N4O3. The van der Waals surface area contributed by atoms with Gasteiger partial charge in [-0.15, -0.1) is 0 Å². The highest BCUT2D eigenvalue weighted by Crippen LogP contribution is 2.36. The number of Topliss-reactive ketones (excluding diaryl/α,β-unsaturated/α-hetero) is 1. The maximum absolute atomic E-state index is 13.2. The van der Waals surface area contributed by atoms with Crippen molar-refractivity contribution in [1.29, 1.82) is 0 Å². The molecule has 1 fully saturated rings. The van der Waals surface area contributed by atoms with Crippen LogP contribution in [0.15, 0.2) is 24.3 Å². The third kappa shape index (κ3) is 5.71. The first-order valence-corrected chi connectivity index (χ1v) is 12.3. The molecule has 1 saturated heterocycles. The Morgan fingerprint density at radius 3 is 2.69 bits per heavy atom. The predicted octanol–water partition coefficient (Wildman–Crippen LogP) is 4.39. The molecule has 3 N–H and O–H groups in total. The number of methoxy groups -OCH3 is 1. The number of carbonyl (C=O) groups excluding carboxylic acids is 1. The third-order valence-electron chi connectivity index (χ3n) is 7.34. The minimum absolute atomic E-state index is 0.106.